The van der Waals surface area contributed by atoms with Crippen LogP contribution in [0.3, 0.4) is 0 Å². The van der Waals surface area contributed by atoms with Gasteiger partial charge < -0.3 is 4.42 Å². The number of rotatable bonds is 0. The van der Waals surface area contributed by atoms with Gasteiger partial charge in [-0.3, -0.25) is 4.79 Å². The highest BCUT2D eigenvalue weighted by Gasteiger charge is 2.28. The highest BCUT2D eigenvalue weighted by atomic mass is 16.3. The van der Waals surface area contributed by atoms with E-state index in [1.165, 1.54) is 0 Å². The lowest BCUT2D eigenvalue weighted by Gasteiger charge is -1.93. The molecule has 1 atom stereocenters. The summed E-state index contributed by atoms with van der Waals surface area (Å²) in [5, 5.41) is 0. The Labute approximate surface area is 58.8 Å². The first-order valence-electron chi connectivity index (χ1n) is 3.38. The first kappa shape index (κ1) is 5.71. The van der Waals surface area contributed by atoms with E-state index >= 15 is 0 Å². The molecule has 0 aliphatic heterocycles. The molecular formula is C8H8O2. The summed E-state index contributed by atoms with van der Waals surface area (Å²) in [7, 11) is 0. The fourth-order valence-electron chi connectivity index (χ4n) is 1.39. The van der Waals surface area contributed by atoms with E-state index in [0.717, 1.165) is 17.5 Å². The van der Waals surface area contributed by atoms with Crippen molar-refractivity contribution in [2.24, 2.45) is 5.92 Å². The van der Waals surface area contributed by atoms with Crippen LogP contribution in [0.1, 0.15) is 22.8 Å². The van der Waals surface area contributed by atoms with Gasteiger partial charge in [0.25, 0.3) is 0 Å². The Morgan fingerprint density at radius 3 is 3.10 bits per heavy atom. The van der Waals surface area contributed by atoms with E-state index in [4.69, 9.17) is 4.42 Å². The number of carbonyl (C=O) groups excluding carboxylic acids is 1. The lowest BCUT2D eigenvalue weighted by atomic mass is 10.1. The Balaban J connectivity index is 2.53. The van der Waals surface area contributed by atoms with Gasteiger partial charge in [-0.2, -0.15) is 0 Å². The predicted octanol–water partition coefficient (Wildman–Crippen LogP) is 1.65. The molecule has 0 radical (unpaired) electrons. The molecule has 1 heterocycles. The summed E-state index contributed by atoms with van der Waals surface area (Å²) in [4.78, 5) is 11.2. The van der Waals surface area contributed by atoms with Crippen LogP contribution in [-0.4, -0.2) is 5.78 Å². The number of ketones is 1. The quantitative estimate of drug-likeness (QED) is 0.542. The second-order valence-corrected chi connectivity index (χ2v) is 2.78. The van der Waals surface area contributed by atoms with Crippen LogP contribution in [0.4, 0.5) is 0 Å². The summed E-state index contributed by atoms with van der Waals surface area (Å²) in [6.07, 6.45) is 4.06. The van der Waals surface area contributed by atoms with Crippen molar-refractivity contribution in [3.05, 3.63) is 23.7 Å². The minimum Gasteiger partial charge on any atom is -0.472 e. The molecule has 52 valence electrons. The summed E-state index contributed by atoms with van der Waals surface area (Å²) in [6.45, 7) is 1.95. The van der Waals surface area contributed by atoms with Crippen molar-refractivity contribution in [2.45, 2.75) is 13.3 Å². The van der Waals surface area contributed by atoms with E-state index in [0.29, 0.717) is 0 Å². The molecule has 0 fully saturated rings. The highest BCUT2D eigenvalue weighted by Crippen LogP contribution is 2.26. The SMILES string of the molecule is CC1Cc2cocc2C1=O. The summed E-state index contributed by atoms with van der Waals surface area (Å²) in [6, 6.07) is 0. The zero-order valence-electron chi connectivity index (χ0n) is 5.76. The average molecular weight is 136 g/mol. The Bertz CT molecular complexity index is 273. The highest BCUT2D eigenvalue weighted by molar-refractivity contribution is 6.01. The van der Waals surface area contributed by atoms with Gasteiger partial charge >= 0.3 is 0 Å². The van der Waals surface area contributed by atoms with Gasteiger partial charge in [-0.15, -0.1) is 0 Å². The number of hydrogen-bond donors (Lipinski definition) is 0. The molecule has 0 N–H and O–H groups in total. The van der Waals surface area contributed by atoms with E-state index in [9.17, 15) is 4.79 Å². The topological polar surface area (TPSA) is 30.2 Å². The molecule has 1 aliphatic rings. The number of Topliss-reactive ketones (excluding diaryl/α,β-unsaturated/α-hetero) is 1. The fraction of sp³-hybridized carbons (Fsp3) is 0.375. The molecule has 2 rings (SSSR count). The molecule has 0 bridgehead atoms. The largest absolute Gasteiger partial charge is 0.472 e. The third kappa shape index (κ3) is 0.561. The van der Waals surface area contributed by atoms with Crippen LogP contribution in [0.2, 0.25) is 0 Å². The summed E-state index contributed by atoms with van der Waals surface area (Å²) >= 11 is 0. The normalized spacial score (nSPS) is 23.3. The molecule has 10 heavy (non-hydrogen) atoms. The maximum Gasteiger partial charge on any atom is 0.169 e. The molecule has 0 aromatic carbocycles. The predicted molar refractivity (Wildman–Crippen MR) is 35.9 cm³/mol. The summed E-state index contributed by atoms with van der Waals surface area (Å²) in [5.74, 6) is 0.394. The van der Waals surface area contributed by atoms with Gasteiger partial charge in [-0.25, -0.2) is 0 Å². The lowest BCUT2D eigenvalue weighted by Crippen LogP contribution is -2.02. The van der Waals surface area contributed by atoms with Crippen molar-refractivity contribution in [1.82, 2.24) is 0 Å². The summed E-state index contributed by atoms with van der Waals surface area (Å²) < 4.78 is 4.89. The number of hydrogen-bond acceptors (Lipinski definition) is 2. The average Bonchev–Trinajstić information content (AvgIpc) is 2.41. The van der Waals surface area contributed by atoms with Crippen LogP contribution >= 0.6 is 0 Å². The lowest BCUT2D eigenvalue weighted by molar-refractivity contribution is 0.0944. The molecule has 0 saturated heterocycles. The first-order chi connectivity index (χ1) is 4.79. The van der Waals surface area contributed by atoms with Crippen LogP contribution in [0.25, 0.3) is 0 Å². The van der Waals surface area contributed by atoms with Crippen LogP contribution in [-0.2, 0) is 6.42 Å². The van der Waals surface area contributed by atoms with Crippen molar-refractivity contribution >= 4 is 5.78 Å². The molecule has 2 nitrogen and oxygen atoms in total. The zero-order chi connectivity index (χ0) is 7.14. The monoisotopic (exact) mass is 136 g/mol. The van der Waals surface area contributed by atoms with Gasteiger partial charge in [0.1, 0.15) is 6.26 Å². The van der Waals surface area contributed by atoms with Gasteiger partial charge in [-0.05, 0) is 6.42 Å². The Kier molecular flexibility index (Phi) is 0.982. The second-order valence-electron chi connectivity index (χ2n) is 2.78. The zero-order valence-corrected chi connectivity index (χ0v) is 5.76. The molecule has 1 aromatic heterocycles. The Morgan fingerprint density at radius 2 is 2.40 bits per heavy atom. The Morgan fingerprint density at radius 1 is 1.60 bits per heavy atom. The van der Waals surface area contributed by atoms with E-state index in [-0.39, 0.29) is 11.7 Å². The molecule has 1 aliphatic carbocycles. The maximum atomic E-state index is 11.2. The van der Waals surface area contributed by atoms with Gasteiger partial charge in [0.2, 0.25) is 0 Å². The molecule has 0 amide bonds. The maximum absolute atomic E-state index is 11.2. The summed E-state index contributed by atoms with van der Waals surface area (Å²) in [5.41, 5.74) is 1.85. The molecule has 1 aromatic rings. The minimum absolute atomic E-state index is 0.168. The molecule has 2 heteroatoms. The van der Waals surface area contributed by atoms with Gasteiger partial charge in [0.05, 0.1) is 11.8 Å². The third-order valence-corrected chi connectivity index (χ3v) is 1.98. The van der Waals surface area contributed by atoms with E-state index in [1.807, 2.05) is 6.92 Å². The molecule has 0 spiro atoms. The van der Waals surface area contributed by atoms with Crippen molar-refractivity contribution in [3.63, 3.8) is 0 Å². The first-order valence-corrected chi connectivity index (χ1v) is 3.38. The Hall–Kier alpha value is -1.05. The van der Waals surface area contributed by atoms with Crippen LogP contribution < -0.4 is 0 Å². The number of fused-ring (bicyclic) bond motifs is 1. The molecular weight excluding hydrogens is 128 g/mol. The smallest absolute Gasteiger partial charge is 0.169 e. The van der Waals surface area contributed by atoms with Crippen LogP contribution in [0.15, 0.2) is 16.9 Å². The number of carbonyl (C=O) groups is 1. The van der Waals surface area contributed by atoms with Crippen LogP contribution in [0, 0.1) is 5.92 Å². The standard InChI is InChI=1S/C8H8O2/c1-5-2-6-3-10-4-7(6)8(5)9/h3-5H,2H2,1H3. The van der Waals surface area contributed by atoms with E-state index in [2.05, 4.69) is 0 Å². The number of furan rings is 1. The van der Waals surface area contributed by atoms with Crippen molar-refractivity contribution in [2.75, 3.05) is 0 Å². The van der Waals surface area contributed by atoms with E-state index < -0.39 is 0 Å². The van der Waals surface area contributed by atoms with Crippen molar-refractivity contribution in [3.8, 4) is 0 Å². The fourth-order valence-corrected chi connectivity index (χ4v) is 1.39. The minimum atomic E-state index is 0.168. The molecule has 0 saturated carbocycles. The van der Waals surface area contributed by atoms with Gasteiger partial charge in [0.15, 0.2) is 5.78 Å². The third-order valence-electron chi connectivity index (χ3n) is 1.98. The second kappa shape index (κ2) is 1.72. The van der Waals surface area contributed by atoms with Gasteiger partial charge in [-0.1, -0.05) is 6.92 Å². The molecule has 1 unspecified atom stereocenters. The van der Waals surface area contributed by atoms with Crippen molar-refractivity contribution < 1.29 is 9.21 Å². The van der Waals surface area contributed by atoms with Gasteiger partial charge in [0, 0.05) is 11.5 Å². The van der Waals surface area contributed by atoms with Crippen LogP contribution in [0.5, 0.6) is 0 Å². The van der Waals surface area contributed by atoms with E-state index in [1.54, 1.807) is 12.5 Å². The van der Waals surface area contributed by atoms with Crippen molar-refractivity contribution in [1.29, 1.82) is 0 Å².